The first-order chi connectivity index (χ1) is 18.1. The standard InChI is InChI=1S/C30H45NO6/c1-3-5-6-7-8-9-10-11-12-15-20-35-21-16-19-31-30(34)26-22-27(37-23-28(32)36-4-2)24-17-13-14-18-25(24)29(26)33/h13-14,17-18,22,33H,3-12,15-16,19-21,23H2,1-2H3,(H,31,34). The number of aromatic hydroxyl groups is 1. The van der Waals surface area contributed by atoms with Crippen molar-refractivity contribution in [3.8, 4) is 11.5 Å². The van der Waals surface area contributed by atoms with Gasteiger partial charge in [0, 0.05) is 30.5 Å². The number of phenols is 1. The Hall–Kier alpha value is -2.80. The first kappa shape index (κ1) is 30.4. The molecule has 206 valence electrons. The van der Waals surface area contributed by atoms with E-state index in [2.05, 4.69) is 12.2 Å². The van der Waals surface area contributed by atoms with Crippen LogP contribution in [-0.4, -0.2) is 50.0 Å². The molecule has 0 saturated carbocycles. The second-order valence-corrected chi connectivity index (χ2v) is 9.31. The molecule has 7 heteroatoms. The summed E-state index contributed by atoms with van der Waals surface area (Å²) in [5, 5.41) is 14.6. The quantitative estimate of drug-likeness (QED) is 0.153. The molecule has 2 rings (SSSR count). The maximum Gasteiger partial charge on any atom is 0.344 e. The van der Waals surface area contributed by atoms with E-state index in [9.17, 15) is 14.7 Å². The van der Waals surface area contributed by atoms with E-state index in [1.165, 1.54) is 63.9 Å². The molecule has 0 atom stereocenters. The molecule has 2 aromatic rings. The van der Waals surface area contributed by atoms with Crippen LogP contribution in [-0.2, 0) is 14.3 Å². The van der Waals surface area contributed by atoms with Crippen LogP contribution in [0.1, 0.15) is 94.8 Å². The summed E-state index contributed by atoms with van der Waals surface area (Å²) in [7, 11) is 0. The molecular formula is C30H45NO6. The molecule has 0 unspecified atom stereocenters. The van der Waals surface area contributed by atoms with Crippen molar-refractivity contribution in [1.29, 1.82) is 0 Å². The first-order valence-electron chi connectivity index (χ1n) is 14.0. The van der Waals surface area contributed by atoms with Crippen molar-refractivity contribution < 1.29 is 28.9 Å². The maximum absolute atomic E-state index is 12.8. The Morgan fingerprint density at radius 1 is 0.838 bits per heavy atom. The number of unbranched alkanes of at least 4 members (excludes halogenated alkanes) is 9. The van der Waals surface area contributed by atoms with Crippen molar-refractivity contribution in [2.45, 2.75) is 84.5 Å². The van der Waals surface area contributed by atoms with Gasteiger partial charge in [-0.2, -0.15) is 0 Å². The van der Waals surface area contributed by atoms with Gasteiger partial charge in [0.1, 0.15) is 11.5 Å². The van der Waals surface area contributed by atoms with Gasteiger partial charge < -0.3 is 24.6 Å². The molecule has 0 aliphatic carbocycles. The minimum absolute atomic E-state index is 0.101. The third-order valence-electron chi connectivity index (χ3n) is 6.27. The Balaban J connectivity index is 1.68. The van der Waals surface area contributed by atoms with Gasteiger partial charge in [-0.05, 0) is 25.8 Å². The Morgan fingerprint density at radius 2 is 1.46 bits per heavy atom. The molecule has 0 aliphatic rings. The minimum Gasteiger partial charge on any atom is -0.506 e. The Labute approximate surface area is 221 Å². The van der Waals surface area contributed by atoms with Crippen LogP contribution in [0.15, 0.2) is 30.3 Å². The number of ether oxygens (including phenoxy) is 3. The molecule has 2 N–H and O–H groups in total. The normalized spacial score (nSPS) is 11.0. The Morgan fingerprint density at radius 3 is 2.14 bits per heavy atom. The zero-order valence-electron chi connectivity index (χ0n) is 22.7. The highest BCUT2D eigenvalue weighted by Gasteiger charge is 2.18. The molecule has 2 aromatic carbocycles. The SMILES string of the molecule is CCCCCCCCCCCCOCCCNC(=O)c1cc(OCC(=O)OCC)c2ccccc2c1O. The zero-order valence-corrected chi connectivity index (χ0v) is 22.7. The highest BCUT2D eigenvalue weighted by molar-refractivity contribution is 6.05. The Kier molecular flexibility index (Phi) is 15.2. The number of carbonyl (C=O) groups is 2. The molecule has 0 spiro atoms. The van der Waals surface area contributed by atoms with Crippen LogP contribution in [0.25, 0.3) is 10.8 Å². The number of nitrogens with one attached hydrogen (secondary N) is 1. The summed E-state index contributed by atoms with van der Waals surface area (Å²) in [6.07, 6.45) is 13.7. The smallest absolute Gasteiger partial charge is 0.344 e. The number of phenolic OH excluding ortho intramolecular Hbond substituents is 1. The lowest BCUT2D eigenvalue weighted by atomic mass is 10.0. The lowest BCUT2D eigenvalue weighted by Gasteiger charge is -2.14. The van der Waals surface area contributed by atoms with E-state index >= 15 is 0 Å². The van der Waals surface area contributed by atoms with Crippen molar-refractivity contribution in [2.75, 3.05) is 33.0 Å². The number of esters is 1. The predicted molar refractivity (Wildman–Crippen MR) is 147 cm³/mol. The van der Waals surface area contributed by atoms with E-state index < -0.39 is 11.9 Å². The fourth-order valence-electron chi connectivity index (χ4n) is 4.22. The average molecular weight is 516 g/mol. The molecule has 37 heavy (non-hydrogen) atoms. The van der Waals surface area contributed by atoms with Gasteiger partial charge in [0.05, 0.1) is 12.2 Å². The second kappa shape index (κ2) is 18.4. The van der Waals surface area contributed by atoms with Crippen LogP contribution in [0.4, 0.5) is 0 Å². The van der Waals surface area contributed by atoms with Crippen LogP contribution in [0.2, 0.25) is 0 Å². The number of hydrogen-bond acceptors (Lipinski definition) is 6. The van der Waals surface area contributed by atoms with E-state index in [0.717, 1.165) is 13.0 Å². The van der Waals surface area contributed by atoms with Gasteiger partial charge in [0.15, 0.2) is 6.61 Å². The van der Waals surface area contributed by atoms with Crippen molar-refractivity contribution in [3.63, 3.8) is 0 Å². The number of carbonyl (C=O) groups excluding carboxylic acids is 2. The summed E-state index contributed by atoms with van der Waals surface area (Å²) in [6, 6.07) is 8.51. The largest absolute Gasteiger partial charge is 0.506 e. The van der Waals surface area contributed by atoms with Gasteiger partial charge in [-0.15, -0.1) is 0 Å². The van der Waals surface area contributed by atoms with Gasteiger partial charge in [-0.25, -0.2) is 4.79 Å². The monoisotopic (exact) mass is 515 g/mol. The average Bonchev–Trinajstić information content (AvgIpc) is 2.90. The fourth-order valence-corrected chi connectivity index (χ4v) is 4.22. The lowest BCUT2D eigenvalue weighted by molar-refractivity contribution is -0.145. The molecule has 1 amide bonds. The van der Waals surface area contributed by atoms with Crippen LogP contribution >= 0.6 is 0 Å². The van der Waals surface area contributed by atoms with Gasteiger partial charge in [-0.3, -0.25) is 4.79 Å². The summed E-state index contributed by atoms with van der Waals surface area (Å²) >= 11 is 0. The Bertz CT molecular complexity index is 945. The molecule has 0 radical (unpaired) electrons. The van der Waals surface area contributed by atoms with E-state index in [-0.39, 0.29) is 24.5 Å². The van der Waals surface area contributed by atoms with Crippen molar-refractivity contribution >= 4 is 22.6 Å². The molecular weight excluding hydrogens is 470 g/mol. The van der Waals surface area contributed by atoms with Crippen LogP contribution in [0.5, 0.6) is 11.5 Å². The number of hydrogen-bond donors (Lipinski definition) is 2. The lowest BCUT2D eigenvalue weighted by Crippen LogP contribution is -2.25. The van der Waals surface area contributed by atoms with Crippen LogP contribution in [0.3, 0.4) is 0 Å². The molecule has 0 aromatic heterocycles. The van der Waals surface area contributed by atoms with Crippen molar-refractivity contribution in [2.24, 2.45) is 0 Å². The summed E-state index contributed by atoms with van der Waals surface area (Å²) in [4.78, 5) is 24.5. The van der Waals surface area contributed by atoms with Gasteiger partial charge >= 0.3 is 5.97 Å². The number of benzene rings is 2. The van der Waals surface area contributed by atoms with Gasteiger partial charge in [-0.1, -0.05) is 89.0 Å². The summed E-state index contributed by atoms with van der Waals surface area (Å²) in [5.41, 5.74) is 0.101. The summed E-state index contributed by atoms with van der Waals surface area (Å²) in [5.74, 6) is -0.678. The number of amides is 1. The van der Waals surface area contributed by atoms with Crippen LogP contribution in [0, 0.1) is 0 Å². The van der Waals surface area contributed by atoms with Crippen LogP contribution < -0.4 is 10.1 Å². The second-order valence-electron chi connectivity index (χ2n) is 9.31. The third kappa shape index (κ3) is 11.4. The molecule has 0 bridgehead atoms. The fraction of sp³-hybridized carbons (Fsp3) is 0.600. The van der Waals surface area contributed by atoms with E-state index in [1.807, 2.05) is 0 Å². The predicted octanol–water partition coefficient (Wildman–Crippen LogP) is 6.54. The minimum atomic E-state index is -0.497. The van der Waals surface area contributed by atoms with E-state index in [1.54, 1.807) is 31.2 Å². The van der Waals surface area contributed by atoms with Crippen molar-refractivity contribution in [1.82, 2.24) is 5.32 Å². The topological polar surface area (TPSA) is 94.1 Å². The van der Waals surface area contributed by atoms with E-state index in [0.29, 0.717) is 36.1 Å². The molecule has 0 aliphatic heterocycles. The van der Waals surface area contributed by atoms with Gasteiger partial charge in [0.2, 0.25) is 0 Å². The zero-order chi connectivity index (χ0) is 26.7. The summed E-state index contributed by atoms with van der Waals surface area (Å²) < 4.78 is 16.2. The number of fused-ring (bicyclic) bond motifs is 1. The maximum atomic E-state index is 12.8. The molecule has 7 nitrogen and oxygen atoms in total. The van der Waals surface area contributed by atoms with E-state index in [4.69, 9.17) is 14.2 Å². The first-order valence-corrected chi connectivity index (χ1v) is 14.0. The highest BCUT2D eigenvalue weighted by Crippen LogP contribution is 2.36. The van der Waals surface area contributed by atoms with Gasteiger partial charge in [0.25, 0.3) is 5.91 Å². The number of rotatable bonds is 20. The highest BCUT2D eigenvalue weighted by atomic mass is 16.6. The summed E-state index contributed by atoms with van der Waals surface area (Å²) in [6.45, 7) is 5.71. The van der Waals surface area contributed by atoms with Crippen molar-refractivity contribution in [3.05, 3.63) is 35.9 Å². The molecule has 0 heterocycles. The molecule has 0 saturated heterocycles. The molecule has 0 fully saturated rings. The third-order valence-corrected chi connectivity index (χ3v) is 6.27.